The zero-order valence-corrected chi connectivity index (χ0v) is 12.9. The molecule has 1 amide bonds. The summed E-state index contributed by atoms with van der Waals surface area (Å²) in [5.41, 5.74) is 1.15. The summed E-state index contributed by atoms with van der Waals surface area (Å²) < 4.78 is 20.4. The molecule has 24 heavy (non-hydrogen) atoms. The molecule has 6 nitrogen and oxygen atoms in total. The van der Waals surface area contributed by atoms with E-state index in [1.54, 1.807) is 48.4 Å². The molecule has 0 spiro atoms. The van der Waals surface area contributed by atoms with E-state index < -0.39 is 5.82 Å². The lowest BCUT2D eigenvalue weighted by molar-refractivity contribution is 0.0950. The first-order valence-corrected chi connectivity index (χ1v) is 7.26. The molecule has 0 unspecified atom stereocenters. The first kappa shape index (κ1) is 15.7. The lowest BCUT2D eigenvalue weighted by atomic mass is 10.2. The average Bonchev–Trinajstić information content (AvgIpc) is 3.00. The number of aryl methyl sites for hydroxylation is 1. The molecule has 0 aliphatic carbocycles. The minimum absolute atomic E-state index is 0.228. The van der Waals surface area contributed by atoms with Crippen LogP contribution in [-0.4, -0.2) is 20.7 Å². The maximum absolute atomic E-state index is 13.2. The summed E-state index contributed by atoms with van der Waals surface area (Å²) in [6.07, 6.45) is 4.69. The standard InChI is InChI=1S/C17H15FN4O2/c1-22-11-13(10-21-22)16(23)20-9-12-4-3-7-19-17(12)24-15-6-2-5-14(18)8-15/h2-8,10-11H,9H2,1H3,(H,20,23). The highest BCUT2D eigenvalue weighted by Crippen LogP contribution is 2.23. The van der Waals surface area contributed by atoms with Crippen molar-refractivity contribution in [1.82, 2.24) is 20.1 Å². The van der Waals surface area contributed by atoms with Gasteiger partial charge in [0.2, 0.25) is 5.88 Å². The summed E-state index contributed by atoms with van der Waals surface area (Å²) in [4.78, 5) is 16.2. The number of rotatable bonds is 5. The third-order valence-corrected chi connectivity index (χ3v) is 3.27. The number of ether oxygens (including phenoxy) is 1. The van der Waals surface area contributed by atoms with Gasteiger partial charge in [-0.25, -0.2) is 9.37 Å². The Morgan fingerprint density at radius 2 is 2.21 bits per heavy atom. The van der Waals surface area contributed by atoms with Crippen LogP contribution in [0.2, 0.25) is 0 Å². The van der Waals surface area contributed by atoms with Crippen molar-refractivity contribution in [1.29, 1.82) is 0 Å². The molecule has 0 atom stereocenters. The van der Waals surface area contributed by atoms with E-state index >= 15 is 0 Å². The molecule has 1 N–H and O–H groups in total. The Bertz CT molecular complexity index is 863. The number of benzene rings is 1. The number of hydrogen-bond donors (Lipinski definition) is 1. The summed E-state index contributed by atoms with van der Waals surface area (Å²) in [7, 11) is 1.74. The molecule has 0 saturated carbocycles. The maximum atomic E-state index is 13.2. The van der Waals surface area contributed by atoms with Crippen LogP contribution in [0.1, 0.15) is 15.9 Å². The van der Waals surface area contributed by atoms with Crippen LogP contribution in [0.25, 0.3) is 0 Å². The fourth-order valence-corrected chi connectivity index (χ4v) is 2.11. The Morgan fingerprint density at radius 3 is 2.96 bits per heavy atom. The number of nitrogens with zero attached hydrogens (tertiary/aromatic N) is 3. The van der Waals surface area contributed by atoms with Gasteiger partial charge in [-0.05, 0) is 18.2 Å². The average molecular weight is 326 g/mol. The number of pyridine rings is 1. The minimum atomic E-state index is -0.394. The van der Waals surface area contributed by atoms with Crippen LogP contribution in [0.5, 0.6) is 11.6 Å². The smallest absolute Gasteiger partial charge is 0.254 e. The van der Waals surface area contributed by atoms with Gasteiger partial charge in [-0.2, -0.15) is 5.10 Å². The molecule has 0 aliphatic heterocycles. The number of aromatic nitrogens is 3. The highest BCUT2D eigenvalue weighted by Gasteiger charge is 2.11. The number of hydrogen-bond acceptors (Lipinski definition) is 4. The Morgan fingerprint density at radius 1 is 1.33 bits per heavy atom. The first-order valence-electron chi connectivity index (χ1n) is 7.26. The molecule has 1 aromatic carbocycles. The first-order chi connectivity index (χ1) is 11.6. The molecule has 0 bridgehead atoms. The highest BCUT2D eigenvalue weighted by atomic mass is 19.1. The molecule has 0 fully saturated rings. The van der Waals surface area contributed by atoms with E-state index in [2.05, 4.69) is 15.4 Å². The lowest BCUT2D eigenvalue weighted by Crippen LogP contribution is -2.22. The van der Waals surface area contributed by atoms with Gasteiger partial charge in [0.25, 0.3) is 5.91 Å². The van der Waals surface area contributed by atoms with Crippen LogP contribution >= 0.6 is 0 Å². The van der Waals surface area contributed by atoms with Gasteiger partial charge < -0.3 is 10.1 Å². The Hall–Kier alpha value is -3.22. The van der Waals surface area contributed by atoms with Crippen molar-refractivity contribution in [3.63, 3.8) is 0 Å². The largest absolute Gasteiger partial charge is 0.439 e. The second-order valence-corrected chi connectivity index (χ2v) is 5.11. The van der Waals surface area contributed by atoms with E-state index in [0.29, 0.717) is 22.8 Å². The SMILES string of the molecule is Cn1cc(C(=O)NCc2cccnc2Oc2cccc(F)c2)cn1. The topological polar surface area (TPSA) is 69.0 Å². The summed E-state index contributed by atoms with van der Waals surface area (Å²) >= 11 is 0. The molecule has 0 aliphatic rings. The van der Waals surface area contributed by atoms with Crippen molar-refractivity contribution in [2.24, 2.45) is 7.05 Å². The quantitative estimate of drug-likeness (QED) is 0.783. The van der Waals surface area contributed by atoms with Crippen LogP contribution < -0.4 is 10.1 Å². The summed E-state index contributed by atoms with van der Waals surface area (Å²) in [6, 6.07) is 9.31. The van der Waals surface area contributed by atoms with Gasteiger partial charge in [-0.1, -0.05) is 12.1 Å². The Kier molecular flexibility index (Phi) is 4.51. The molecule has 3 rings (SSSR count). The molecule has 7 heteroatoms. The van der Waals surface area contributed by atoms with Gasteiger partial charge >= 0.3 is 0 Å². The normalized spacial score (nSPS) is 10.4. The second kappa shape index (κ2) is 6.91. The van der Waals surface area contributed by atoms with E-state index in [4.69, 9.17) is 4.74 Å². The van der Waals surface area contributed by atoms with Gasteiger partial charge in [0, 0.05) is 37.6 Å². The molecule has 0 radical (unpaired) electrons. The number of nitrogens with one attached hydrogen (secondary N) is 1. The molecular formula is C17H15FN4O2. The fourth-order valence-electron chi connectivity index (χ4n) is 2.11. The van der Waals surface area contributed by atoms with Crippen LogP contribution in [0, 0.1) is 5.82 Å². The predicted octanol–water partition coefficient (Wildman–Crippen LogP) is 2.68. The van der Waals surface area contributed by atoms with Crippen LogP contribution in [0.15, 0.2) is 55.0 Å². The maximum Gasteiger partial charge on any atom is 0.254 e. The third-order valence-electron chi connectivity index (χ3n) is 3.27. The van der Waals surface area contributed by atoms with Crippen molar-refractivity contribution >= 4 is 5.91 Å². The van der Waals surface area contributed by atoms with Gasteiger partial charge in [-0.3, -0.25) is 9.48 Å². The van der Waals surface area contributed by atoms with Crippen molar-refractivity contribution in [2.75, 3.05) is 0 Å². The van der Waals surface area contributed by atoms with Gasteiger partial charge in [-0.15, -0.1) is 0 Å². The monoisotopic (exact) mass is 326 g/mol. The Labute approximate surface area is 137 Å². The van der Waals surface area contributed by atoms with E-state index in [9.17, 15) is 9.18 Å². The zero-order chi connectivity index (χ0) is 16.9. The number of carbonyl (C=O) groups is 1. The molecule has 2 aromatic heterocycles. The van der Waals surface area contributed by atoms with E-state index in [1.165, 1.54) is 18.3 Å². The van der Waals surface area contributed by atoms with Crippen molar-refractivity contribution in [2.45, 2.75) is 6.54 Å². The summed E-state index contributed by atoms with van der Waals surface area (Å²) in [6.45, 7) is 0.228. The summed E-state index contributed by atoms with van der Waals surface area (Å²) in [5, 5.41) is 6.74. The zero-order valence-electron chi connectivity index (χ0n) is 12.9. The van der Waals surface area contributed by atoms with Crippen molar-refractivity contribution in [3.8, 4) is 11.6 Å². The third kappa shape index (κ3) is 3.75. The Balaban J connectivity index is 1.71. The number of carbonyl (C=O) groups excluding carboxylic acids is 1. The van der Waals surface area contributed by atoms with Gasteiger partial charge in [0.1, 0.15) is 11.6 Å². The number of amides is 1. The molecule has 122 valence electrons. The van der Waals surface area contributed by atoms with Crippen LogP contribution in [0.4, 0.5) is 4.39 Å². The fraction of sp³-hybridized carbons (Fsp3) is 0.118. The molecule has 2 heterocycles. The van der Waals surface area contributed by atoms with E-state index in [1.807, 2.05) is 0 Å². The minimum Gasteiger partial charge on any atom is -0.439 e. The molecule has 0 saturated heterocycles. The van der Waals surface area contributed by atoms with Crippen molar-refractivity contribution < 1.29 is 13.9 Å². The van der Waals surface area contributed by atoms with Crippen LogP contribution in [-0.2, 0) is 13.6 Å². The van der Waals surface area contributed by atoms with E-state index in [0.717, 1.165) is 0 Å². The lowest BCUT2D eigenvalue weighted by Gasteiger charge is -2.10. The van der Waals surface area contributed by atoms with Crippen molar-refractivity contribution in [3.05, 3.63) is 71.9 Å². The van der Waals surface area contributed by atoms with Crippen LogP contribution in [0.3, 0.4) is 0 Å². The van der Waals surface area contributed by atoms with E-state index in [-0.39, 0.29) is 12.5 Å². The highest BCUT2D eigenvalue weighted by molar-refractivity contribution is 5.93. The predicted molar refractivity (Wildman–Crippen MR) is 85.1 cm³/mol. The molecule has 3 aromatic rings. The summed E-state index contributed by atoms with van der Waals surface area (Å²) in [5.74, 6) is 0.0154. The van der Waals surface area contributed by atoms with Gasteiger partial charge in [0.15, 0.2) is 0 Å². The van der Waals surface area contributed by atoms with Gasteiger partial charge in [0.05, 0.1) is 11.8 Å². The number of halogens is 1. The second-order valence-electron chi connectivity index (χ2n) is 5.11. The molecular weight excluding hydrogens is 311 g/mol.